The van der Waals surface area contributed by atoms with Gasteiger partial charge in [-0.3, -0.25) is 19.5 Å². The number of nitrogens with zero attached hydrogens (tertiary/aromatic N) is 3. The van der Waals surface area contributed by atoms with E-state index in [0.29, 0.717) is 22.0 Å². The van der Waals surface area contributed by atoms with Crippen LogP contribution in [0, 0.1) is 6.92 Å². The van der Waals surface area contributed by atoms with Crippen LogP contribution >= 0.6 is 11.3 Å². The molecule has 2 aromatic carbocycles. The van der Waals surface area contributed by atoms with E-state index in [1.807, 2.05) is 25.1 Å². The number of fused-ring (bicyclic) bond motifs is 1. The Hall–Kier alpha value is -4.04. The lowest BCUT2D eigenvalue weighted by Gasteiger charge is -2.23. The van der Waals surface area contributed by atoms with Gasteiger partial charge in [0.2, 0.25) is 0 Å². The van der Waals surface area contributed by atoms with Crippen LogP contribution in [0.15, 0.2) is 72.6 Å². The molecule has 8 heteroatoms. The van der Waals surface area contributed by atoms with Crippen LogP contribution in [0.3, 0.4) is 0 Å². The molecule has 164 valence electrons. The summed E-state index contributed by atoms with van der Waals surface area (Å²) in [4.78, 5) is 36.5. The average Bonchev–Trinajstić information content (AvgIpc) is 3.37. The van der Waals surface area contributed by atoms with Crippen LogP contribution in [0.1, 0.15) is 22.7 Å². The number of amides is 1. The third-order valence-electron chi connectivity index (χ3n) is 5.55. The summed E-state index contributed by atoms with van der Waals surface area (Å²) >= 11 is 1.33. The van der Waals surface area contributed by atoms with Gasteiger partial charge < -0.3 is 9.84 Å². The van der Waals surface area contributed by atoms with Gasteiger partial charge in [0, 0.05) is 18.0 Å². The summed E-state index contributed by atoms with van der Waals surface area (Å²) in [5.41, 5.74) is 2.83. The number of hydrogen-bond donors (Lipinski definition) is 1. The summed E-state index contributed by atoms with van der Waals surface area (Å²) in [7, 11) is 1.54. The molecule has 0 aliphatic carbocycles. The minimum Gasteiger partial charge on any atom is -0.507 e. The van der Waals surface area contributed by atoms with Crippen LogP contribution < -0.4 is 9.64 Å². The van der Waals surface area contributed by atoms with Crippen molar-refractivity contribution in [3.05, 3.63) is 89.3 Å². The molecule has 1 N–H and O–H groups in total. The summed E-state index contributed by atoms with van der Waals surface area (Å²) in [5, 5.41) is 11.5. The Kier molecular flexibility index (Phi) is 5.14. The number of anilines is 1. The molecule has 0 radical (unpaired) electrons. The van der Waals surface area contributed by atoms with Crippen molar-refractivity contribution >= 4 is 44.1 Å². The number of aliphatic hydroxyl groups excluding tert-OH is 1. The molecular formula is C25H19N3O4S. The number of carbonyl (C=O) groups is 2. The SMILES string of the molecule is COc1cccc(C2C(=C(O)c3ccncc3)C(=O)C(=O)N2c2nc3ccc(C)cc3s2)c1. The van der Waals surface area contributed by atoms with Gasteiger partial charge >= 0.3 is 5.91 Å². The first kappa shape index (κ1) is 20.8. The van der Waals surface area contributed by atoms with E-state index in [-0.39, 0.29) is 11.3 Å². The molecule has 33 heavy (non-hydrogen) atoms. The van der Waals surface area contributed by atoms with E-state index in [2.05, 4.69) is 9.97 Å². The largest absolute Gasteiger partial charge is 0.507 e. The minimum atomic E-state index is -0.866. The van der Waals surface area contributed by atoms with Crippen LogP contribution in [0.4, 0.5) is 5.13 Å². The maximum Gasteiger partial charge on any atom is 0.301 e. The van der Waals surface area contributed by atoms with E-state index in [1.54, 1.807) is 43.5 Å². The van der Waals surface area contributed by atoms with E-state index in [4.69, 9.17) is 4.74 Å². The van der Waals surface area contributed by atoms with Gasteiger partial charge in [-0.25, -0.2) is 4.98 Å². The second-order valence-electron chi connectivity index (χ2n) is 7.65. The fraction of sp³-hybridized carbons (Fsp3) is 0.120. The Balaban J connectivity index is 1.74. The molecule has 1 saturated heterocycles. The zero-order valence-corrected chi connectivity index (χ0v) is 18.7. The predicted octanol–water partition coefficient (Wildman–Crippen LogP) is 4.63. The first-order chi connectivity index (χ1) is 16.0. The topological polar surface area (TPSA) is 92.6 Å². The number of thiazole rings is 1. The molecule has 0 saturated carbocycles. The average molecular weight is 458 g/mol. The highest BCUT2D eigenvalue weighted by Gasteiger charge is 2.48. The van der Waals surface area contributed by atoms with Crippen molar-refractivity contribution in [2.45, 2.75) is 13.0 Å². The number of pyridine rings is 1. The number of benzene rings is 2. The number of Topliss-reactive ketones (excluding diaryl/α,β-unsaturated/α-hetero) is 1. The van der Waals surface area contributed by atoms with Gasteiger partial charge in [-0.1, -0.05) is 29.5 Å². The van der Waals surface area contributed by atoms with Crippen LogP contribution in [-0.2, 0) is 9.59 Å². The summed E-state index contributed by atoms with van der Waals surface area (Å²) < 4.78 is 6.27. The fourth-order valence-corrected chi connectivity index (χ4v) is 5.04. The maximum absolute atomic E-state index is 13.3. The first-order valence-corrected chi connectivity index (χ1v) is 11.0. The Bertz CT molecular complexity index is 1430. The van der Waals surface area contributed by atoms with Crippen molar-refractivity contribution in [1.29, 1.82) is 0 Å². The molecule has 3 heterocycles. The van der Waals surface area contributed by atoms with E-state index in [0.717, 1.165) is 15.8 Å². The molecule has 1 aliphatic heterocycles. The van der Waals surface area contributed by atoms with Crippen molar-refractivity contribution in [3.63, 3.8) is 0 Å². The number of aromatic nitrogens is 2. The van der Waals surface area contributed by atoms with Crippen molar-refractivity contribution < 1.29 is 19.4 Å². The van der Waals surface area contributed by atoms with E-state index >= 15 is 0 Å². The van der Waals surface area contributed by atoms with Crippen LogP contribution in [0.25, 0.3) is 16.0 Å². The van der Waals surface area contributed by atoms with E-state index in [1.165, 1.54) is 28.6 Å². The number of ketones is 1. The van der Waals surface area contributed by atoms with Gasteiger partial charge in [-0.05, 0) is 54.4 Å². The molecule has 1 fully saturated rings. The minimum absolute atomic E-state index is 0.00473. The molecule has 1 atom stereocenters. The van der Waals surface area contributed by atoms with E-state index < -0.39 is 17.7 Å². The third kappa shape index (κ3) is 3.54. The van der Waals surface area contributed by atoms with Gasteiger partial charge in [-0.2, -0.15) is 0 Å². The molecule has 4 aromatic rings. The van der Waals surface area contributed by atoms with Crippen molar-refractivity contribution in [2.75, 3.05) is 12.0 Å². The highest BCUT2D eigenvalue weighted by Crippen LogP contribution is 2.44. The smallest absolute Gasteiger partial charge is 0.301 e. The standard InChI is InChI=1S/C25H19N3O4S/c1-14-6-7-18-19(12-14)33-25(27-18)28-21(16-4-3-5-17(13-16)32-2)20(23(30)24(28)31)22(29)15-8-10-26-11-9-15/h3-13,21,29H,1-2H3. The predicted molar refractivity (Wildman–Crippen MR) is 126 cm³/mol. The zero-order chi connectivity index (χ0) is 23.1. The number of rotatable bonds is 4. The number of methoxy groups -OCH3 is 1. The Labute approximate surface area is 193 Å². The number of ether oxygens (including phenoxy) is 1. The number of carbonyl (C=O) groups excluding carboxylic acids is 2. The summed E-state index contributed by atoms with van der Waals surface area (Å²) in [6.45, 7) is 1.98. The maximum atomic E-state index is 13.3. The van der Waals surface area contributed by atoms with Crippen molar-refractivity contribution in [2.24, 2.45) is 0 Å². The summed E-state index contributed by atoms with van der Waals surface area (Å²) in [5.74, 6) is -1.20. The van der Waals surface area contributed by atoms with E-state index in [9.17, 15) is 14.7 Å². The Morgan fingerprint density at radius 1 is 1.09 bits per heavy atom. The van der Waals surface area contributed by atoms with Gasteiger partial charge in [0.1, 0.15) is 11.5 Å². The highest BCUT2D eigenvalue weighted by atomic mass is 32.1. The Morgan fingerprint density at radius 2 is 1.88 bits per heavy atom. The second-order valence-corrected chi connectivity index (χ2v) is 8.66. The van der Waals surface area contributed by atoms with Crippen molar-refractivity contribution in [1.82, 2.24) is 9.97 Å². The molecule has 0 bridgehead atoms. The molecule has 5 rings (SSSR count). The third-order valence-corrected chi connectivity index (χ3v) is 6.56. The summed E-state index contributed by atoms with van der Waals surface area (Å²) in [6.07, 6.45) is 3.03. The highest BCUT2D eigenvalue weighted by molar-refractivity contribution is 7.22. The first-order valence-electron chi connectivity index (χ1n) is 10.2. The second kappa shape index (κ2) is 8.14. The molecule has 1 amide bonds. The van der Waals surface area contributed by atoms with Crippen LogP contribution in [0.5, 0.6) is 5.75 Å². The molecule has 1 aliphatic rings. The lowest BCUT2D eigenvalue weighted by molar-refractivity contribution is -0.132. The molecule has 1 unspecified atom stereocenters. The number of hydrogen-bond acceptors (Lipinski definition) is 7. The molecular weight excluding hydrogens is 438 g/mol. The van der Waals surface area contributed by atoms with Gasteiger partial charge in [0.05, 0.1) is 28.9 Å². The molecule has 2 aromatic heterocycles. The summed E-state index contributed by atoms with van der Waals surface area (Å²) in [6, 6.07) is 15.2. The van der Waals surface area contributed by atoms with Gasteiger partial charge in [-0.15, -0.1) is 0 Å². The van der Waals surface area contributed by atoms with Crippen LogP contribution in [-0.4, -0.2) is 33.9 Å². The van der Waals surface area contributed by atoms with Crippen molar-refractivity contribution in [3.8, 4) is 5.75 Å². The van der Waals surface area contributed by atoms with Gasteiger partial charge in [0.25, 0.3) is 5.78 Å². The molecule has 7 nitrogen and oxygen atoms in total. The normalized spacial score (nSPS) is 17.6. The number of aliphatic hydroxyl groups is 1. The Morgan fingerprint density at radius 3 is 2.64 bits per heavy atom. The van der Waals surface area contributed by atoms with Gasteiger partial charge in [0.15, 0.2) is 5.13 Å². The lowest BCUT2D eigenvalue weighted by Crippen LogP contribution is -2.29. The number of aryl methyl sites for hydroxylation is 1. The fourth-order valence-electron chi connectivity index (χ4n) is 3.94. The lowest BCUT2D eigenvalue weighted by atomic mass is 9.95. The molecule has 0 spiro atoms. The quantitative estimate of drug-likeness (QED) is 0.273. The zero-order valence-electron chi connectivity index (χ0n) is 17.9. The monoisotopic (exact) mass is 457 g/mol. The van der Waals surface area contributed by atoms with Crippen LogP contribution in [0.2, 0.25) is 0 Å².